The van der Waals surface area contributed by atoms with E-state index in [2.05, 4.69) is 18.2 Å². The fourth-order valence-corrected chi connectivity index (χ4v) is 5.02. The molecule has 2 aliphatic rings. The number of nitrogens with zero attached hydrogens (tertiary/aromatic N) is 3. The normalized spacial score (nSPS) is 27.8. The Bertz CT molecular complexity index is 841. The molecule has 0 unspecified atom stereocenters. The van der Waals surface area contributed by atoms with E-state index < -0.39 is 17.3 Å². The van der Waals surface area contributed by atoms with E-state index in [9.17, 15) is 15.8 Å². The van der Waals surface area contributed by atoms with E-state index in [0.717, 1.165) is 11.3 Å². The molecular formula is C18H13ClN4S. The predicted octanol–water partition coefficient (Wildman–Crippen LogP) is 3.92. The molecule has 6 heteroatoms. The van der Waals surface area contributed by atoms with Gasteiger partial charge in [-0.2, -0.15) is 27.5 Å². The van der Waals surface area contributed by atoms with Crippen LogP contribution in [0.15, 0.2) is 35.9 Å². The van der Waals surface area contributed by atoms with Crippen molar-refractivity contribution >= 4 is 29.1 Å². The molecule has 118 valence electrons. The zero-order valence-corrected chi connectivity index (χ0v) is 14.2. The van der Waals surface area contributed by atoms with Crippen LogP contribution in [-0.4, -0.2) is 17.2 Å². The molecule has 1 aromatic rings. The summed E-state index contributed by atoms with van der Waals surface area (Å²) >= 11 is 8.07. The third-order valence-electron chi connectivity index (χ3n) is 4.80. The molecule has 0 aromatic heterocycles. The first-order chi connectivity index (χ1) is 11.6. The van der Waals surface area contributed by atoms with Crippen molar-refractivity contribution in [3.63, 3.8) is 0 Å². The summed E-state index contributed by atoms with van der Waals surface area (Å²) in [5.41, 5.74) is -0.255. The summed E-state index contributed by atoms with van der Waals surface area (Å²) in [6, 6.07) is 13.4. The van der Waals surface area contributed by atoms with Crippen LogP contribution in [0, 0.1) is 56.7 Å². The predicted molar refractivity (Wildman–Crippen MR) is 93.6 cm³/mol. The van der Waals surface area contributed by atoms with Crippen molar-refractivity contribution in [3.8, 4) is 18.2 Å². The zero-order chi connectivity index (χ0) is 17.3. The highest BCUT2D eigenvalue weighted by Crippen LogP contribution is 2.55. The molecule has 3 atom stereocenters. The molecule has 0 radical (unpaired) electrons. The summed E-state index contributed by atoms with van der Waals surface area (Å²) < 4.78 is 0. The molecule has 4 nitrogen and oxygen atoms in total. The molecule has 24 heavy (non-hydrogen) atoms. The Morgan fingerprint density at radius 1 is 1.21 bits per heavy atom. The van der Waals surface area contributed by atoms with Crippen molar-refractivity contribution in [2.45, 2.75) is 5.92 Å². The van der Waals surface area contributed by atoms with Gasteiger partial charge in [0.1, 0.15) is 5.92 Å². The Morgan fingerprint density at radius 2 is 1.92 bits per heavy atom. The lowest BCUT2D eigenvalue weighted by Crippen LogP contribution is -2.49. The van der Waals surface area contributed by atoms with Crippen LogP contribution >= 0.6 is 23.4 Å². The molecule has 1 N–H and O–H groups in total. The molecule has 1 saturated carbocycles. The molecule has 0 amide bonds. The van der Waals surface area contributed by atoms with Crippen LogP contribution in [-0.2, 0) is 0 Å². The second-order valence-corrected chi connectivity index (χ2v) is 7.34. The first kappa shape index (κ1) is 16.6. The molecule has 1 aliphatic carbocycles. The highest BCUT2D eigenvalue weighted by Gasteiger charge is 2.57. The number of allylic oxidation sites excluding steroid dienone is 1. The third kappa shape index (κ3) is 2.23. The van der Waals surface area contributed by atoms with Gasteiger partial charge in [-0.3, -0.25) is 0 Å². The molecule has 1 aromatic carbocycles. The number of hydrogen-bond acceptors (Lipinski definition) is 5. The number of hydrogen-bond donors (Lipinski definition) is 1. The van der Waals surface area contributed by atoms with E-state index in [1.54, 1.807) is 23.9 Å². The van der Waals surface area contributed by atoms with E-state index in [4.69, 9.17) is 17.0 Å². The largest absolute Gasteiger partial charge is 0.305 e. The minimum absolute atomic E-state index is 0.130. The number of thioether (sulfide) groups is 1. The van der Waals surface area contributed by atoms with Crippen molar-refractivity contribution in [3.05, 3.63) is 46.5 Å². The lowest BCUT2D eigenvalue weighted by molar-refractivity contribution is 0.378. The molecule has 1 aliphatic heterocycles. The van der Waals surface area contributed by atoms with Gasteiger partial charge >= 0.3 is 0 Å². The van der Waals surface area contributed by atoms with Gasteiger partial charge in [-0.25, -0.2) is 0 Å². The maximum absolute atomic E-state index is 9.85. The SMILES string of the molecule is N#C[C@@H]1C(=N)C(C#N)(C#N)[C@@H](c2ccccc2Cl)[C@@H]2CSCC=C12. The van der Waals surface area contributed by atoms with E-state index in [1.165, 1.54) is 0 Å². The first-order valence-electron chi connectivity index (χ1n) is 7.44. The number of nitrogens with one attached hydrogen (secondary N) is 1. The van der Waals surface area contributed by atoms with Crippen molar-refractivity contribution in [1.82, 2.24) is 0 Å². The van der Waals surface area contributed by atoms with Crippen LogP contribution < -0.4 is 0 Å². The van der Waals surface area contributed by atoms with Crippen molar-refractivity contribution in [2.75, 3.05) is 11.5 Å². The molecule has 1 heterocycles. The van der Waals surface area contributed by atoms with E-state index in [-0.39, 0.29) is 11.6 Å². The minimum Gasteiger partial charge on any atom is -0.305 e. The smallest absolute Gasteiger partial charge is 0.189 e. The van der Waals surface area contributed by atoms with Gasteiger partial charge in [-0.15, -0.1) is 0 Å². The molecule has 0 bridgehead atoms. The number of fused-ring (bicyclic) bond motifs is 1. The second-order valence-electron chi connectivity index (χ2n) is 5.85. The van der Waals surface area contributed by atoms with E-state index in [0.29, 0.717) is 16.3 Å². The zero-order valence-electron chi connectivity index (χ0n) is 12.7. The Balaban J connectivity index is 2.29. The van der Waals surface area contributed by atoms with Crippen molar-refractivity contribution < 1.29 is 0 Å². The molecule has 0 saturated heterocycles. The van der Waals surface area contributed by atoms with Gasteiger partial charge in [0.2, 0.25) is 0 Å². The molecular weight excluding hydrogens is 340 g/mol. The Morgan fingerprint density at radius 3 is 2.54 bits per heavy atom. The molecule has 0 spiro atoms. The number of benzene rings is 1. The fraction of sp³-hybridized carbons (Fsp3) is 0.333. The van der Waals surface area contributed by atoms with Crippen LogP contribution in [0.2, 0.25) is 5.02 Å². The summed E-state index contributed by atoms with van der Waals surface area (Å²) in [4.78, 5) is 0. The second kappa shape index (κ2) is 6.33. The van der Waals surface area contributed by atoms with Gasteiger partial charge in [0.05, 0.1) is 23.9 Å². The maximum Gasteiger partial charge on any atom is 0.189 e. The van der Waals surface area contributed by atoms with Gasteiger partial charge in [0.25, 0.3) is 0 Å². The number of rotatable bonds is 1. The van der Waals surface area contributed by atoms with Crippen LogP contribution in [0.4, 0.5) is 0 Å². The van der Waals surface area contributed by atoms with Gasteiger partial charge in [0.15, 0.2) is 5.41 Å². The topological polar surface area (TPSA) is 95.2 Å². The van der Waals surface area contributed by atoms with Crippen LogP contribution in [0.3, 0.4) is 0 Å². The maximum atomic E-state index is 9.85. The average molecular weight is 353 g/mol. The summed E-state index contributed by atoms with van der Waals surface area (Å²) in [5, 5.41) is 38.2. The Hall–Kier alpha value is -2.26. The summed E-state index contributed by atoms with van der Waals surface area (Å²) in [7, 11) is 0. The van der Waals surface area contributed by atoms with Crippen molar-refractivity contribution in [1.29, 1.82) is 21.2 Å². The first-order valence-corrected chi connectivity index (χ1v) is 8.97. The Labute approximate surface area is 149 Å². The highest BCUT2D eigenvalue weighted by atomic mass is 35.5. The summed E-state index contributed by atoms with van der Waals surface area (Å²) in [5.74, 6) is -0.0234. The fourth-order valence-electron chi connectivity index (χ4n) is 3.68. The monoisotopic (exact) mass is 352 g/mol. The van der Waals surface area contributed by atoms with Gasteiger partial charge in [-0.1, -0.05) is 35.9 Å². The van der Waals surface area contributed by atoms with Gasteiger partial charge in [-0.05, 0) is 17.2 Å². The Kier molecular flexibility index (Phi) is 4.37. The summed E-state index contributed by atoms with van der Waals surface area (Å²) in [6.45, 7) is 0. The number of halogens is 1. The molecule has 3 rings (SSSR count). The summed E-state index contributed by atoms with van der Waals surface area (Å²) in [6.07, 6.45) is 1.98. The van der Waals surface area contributed by atoms with Crippen LogP contribution in [0.25, 0.3) is 0 Å². The lowest BCUT2D eigenvalue weighted by Gasteiger charge is -2.45. The third-order valence-corrected chi connectivity index (χ3v) is 6.14. The standard InChI is InChI=1S/C18H13ClN4S/c19-15-4-2-1-3-12(15)16-14-8-24-6-5-11(14)13(7-20)17(23)18(16,9-21)10-22/h1-5,13-14,16,23H,6,8H2/t13-,14+,16-/m0/s1. The van der Waals surface area contributed by atoms with E-state index >= 15 is 0 Å². The van der Waals surface area contributed by atoms with Gasteiger partial charge in [0, 0.05) is 28.4 Å². The number of nitriles is 3. The quantitative estimate of drug-likeness (QED) is 0.775. The minimum atomic E-state index is -1.68. The molecule has 1 fully saturated rings. The highest BCUT2D eigenvalue weighted by molar-refractivity contribution is 7.99. The van der Waals surface area contributed by atoms with Crippen molar-refractivity contribution in [2.24, 2.45) is 17.3 Å². The lowest BCUT2D eigenvalue weighted by atomic mass is 9.55. The van der Waals surface area contributed by atoms with Crippen LogP contribution in [0.1, 0.15) is 11.5 Å². The van der Waals surface area contributed by atoms with Crippen LogP contribution in [0.5, 0.6) is 0 Å². The van der Waals surface area contributed by atoms with Gasteiger partial charge < -0.3 is 5.41 Å². The average Bonchev–Trinajstić information content (AvgIpc) is 2.62. The van der Waals surface area contributed by atoms with E-state index in [1.807, 2.05) is 18.2 Å².